The lowest BCUT2D eigenvalue weighted by molar-refractivity contribution is -0.294. The molecule has 7 heteroatoms. The standard InChI is InChI=1S/C22H19N5O2/c1-3-17-21(14-25)19(26)29-22(17,15-8-5-4-6-9-15)28-18(20(21,12-23)13-24)16-10-7-11-27(16)2/h4-11,17-18,26H,3H2,1-2H3. The smallest absolute Gasteiger partial charge is 0.244 e. The average molecular weight is 385 g/mol. The third kappa shape index (κ3) is 1.99. The predicted molar refractivity (Wildman–Crippen MR) is 102 cm³/mol. The highest BCUT2D eigenvalue weighted by Crippen LogP contribution is 2.69. The fraction of sp³-hybridized carbons (Fsp3) is 0.364. The first-order chi connectivity index (χ1) is 14.0. The first-order valence-corrected chi connectivity index (χ1v) is 9.33. The fourth-order valence-electron chi connectivity index (χ4n) is 4.91. The van der Waals surface area contributed by atoms with E-state index in [0.717, 1.165) is 0 Å². The minimum atomic E-state index is -1.94. The van der Waals surface area contributed by atoms with E-state index in [-0.39, 0.29) is 0 Å². The van der Waals surface area contributed by atoms with Gasteiger partial charge in [-0.15, -0.1) is 0 Å². The summed E-state index contributed by atoms with van der Waals surface area (Å²) in [5, 5.41) is 39.5. The Morgan fingerprint density at radius 1 is 1.07 bits per heavy atom. The number of aromatic nitrogens is 1. The Hall–Kier alpha value is -3.60. The molecule has 2 aromatic rings. The Morgan fingerprint density at radius 3 is 2.28 bits per heavy atom. The van der Waals surface area contributed by atoms with E-state index in [1.165, 1.54) is 0 Å². The summed E-state index contributed by atoms with van der Waals surface area (Å²) in [5.41, 5.74) is -2.49. The van der Waals surface area contributed by atoms with Crippen molar-refractivity contribution in [2.45, 2.75) is 25.2 Å². The molecule has 2 aliphatic heterocycles. The quantitative estimate of drug-likeness (QED) is 0.867. The second-order valence-electron chi connectivity index (χ2n) is 7.42. The summed E-state index contributed by atoms with van der Waals surface area (Å²) in [6.07, 6.45) is 1.09. The Labute approximate surface area is 168 Å². The highest BCUT2D eigenvalue weighted by molar-refractivity contribution is 5.89. The van der Waals surface area contributed by atoms with Gasteiger partial charge < -0.3 is 14.0 Å². The van der Waals surface area contributed by atoms with Crippen LogP contribution in [0.2, 0.25) is 0 Å². The van der Waals surface area contributed by atoms with Gasteiger partial charge in [0.05, 0.1) is 24.1 Å². The number of nitrogens with one attached hydrogen (secondary N) is 1. The largest absolute Gasteiger partial charge is 0.443 e. The molecule has 1 N–H and O–H groups in total. The molecule has 144 valence electrons. The van der Waals surface area contributed by atoms with Crippen molar-refractivity contribution in [1.29, 1.82) is 21.2 Å². The maximum atomic E-state index is 10.3. The molecule has 4 atom stereocenters. The van der Waals surface area contributed by atoms with E-state index in [1.807, 2.05) is 37.3 Å². The van der Waals surface area contributed by atoms with E-state index in [1.54, 1.807) is 29.9 Å². The molecular weight excluding hydrogens is 366 g/mol. The molecule has 2 saturated heterocycles. The van der Waals surface area contributed by atoms with Gasteiger partial charge in [0.1, 0.15) is 6.10 Å². The van der Waals surface area contributed by atoms with Crippen LogP contribution in [0.3, 0.4) is 0 Å². The van der Waals surface area contributed by atoms with E-state index >= 15 is 0 Å². The van der Waals surface area contributed by atoms with Crippen molar-refractivity contribution in [3.8, 4) is 18.2 Å². The Kier molecular flexibility index (Phi) is 4.01. The summed E-state index contributed by atoms with van der Waals surface area (Å²) in [4.78, 5) is 0. The van der Waals surface area contributed by atoms with Crippen molar-refractivity contribution in [3.63, 3.8) is 0 Å². The molecule has 29 heavy (non-hydrogen) atoms. The van der Waals surface area contributed by atoms with Crippen LogP contribution in [0.25, 0.3) is 0 Å². The summed E-state index contributed by atoms with van der Waals surface area (Å²) < 4.78 is 14.3. The third-order valence-electron chi connectivity index (χ3n) is 6.27. The molecule has 2 bridgehead atoms. The van der Waals surface area contributed by atoms with Gasteiger partial charge in [-0.25, -0.2) is 0 Å². The molecule has 4 unspecified atom stereocenters. The van der Waals surface area contributed by atoms with Gasteiger partial charge in [0.25, 0.3) is 0 Å². The van der Waals surface area contributed by atoms with Gasteiger partial charge in [-0.3, -0.25) is 5.41 Å². The van der Waals surface area contributed by atoms with Crippen LogP contribution in [0.4, 0.5) is 0 Å². The number of aryl methyl sites for hydroxylation is 1. The predicted octanol–water partition coefficient (Wildman–Crippen LogP) is 3.53. The molecule has 0 saturated carbocycles. The molecule has 0 spiro atoms. The number of rotatable bonds is 3. The minimum Gasteiger partial charge on any atom is -0.443 e. The molecule has 4 rings (SSSR count). The van der Waals surface area contributed by atoms with Gasteiger partial charge >= 0.3 is 0 Å². The summed E-state index contributed by atoms with van der Waals surface area (Å²) in [6, 6.07) is 19.0. The minimum absolute atomic E-state index is 0.385. The van der Waals surface area contributed by atoms with E-state index in [0.29, 0.717) is 17.7 Å². The molecule has 0 aliphatic carbocycles. The van der Waals surface area contributed by atoms with Crippen molar-refractivity contribution in [3.05, 3.63) is 59.9 Å². The monoisotopic (exact) mass is 385 g/mol. The molecule has 1 aromatic heterocycles. The van der Waals surface area contributed by atoms with Crippen molar-refractivity contribution in [1.82, 2.24) is 4.57 Å². The van der Waals surface area contributed by atoms with Gasteiger partial charge in [-0.1, -0.05) is 37.3 Å². The Morgan fingerprint density at radius 2 is 1.76 bits per heavy atom. The number of nitrogens with zero attached hydrogens (tertiary/aromatic N) is 4. The van der Waals surface area contributed by atoms with Gasteiger partial charge in [-0.2, -0.15) is 15.8 Å². The zero-order chi connectivity index (χ0) is 20.9. The zero-order valence-corrected chi connectivity index (χ0v) is 16.1. The van der Waals surface area contributed by atoms with Crippen molar-refractivity contribution < 1.29 is 9.47 Å². The van der Waals surface area contributed by atoms with E-state index in [2.05, 4.69) is 18.2 Å². The topological polar surface area (TPSA) is 119 Å². The zero-order valence-electron chi connectivity index (χ0n) is 16.1. The number of nitriles is 3. The maximum absolute atomic E-state index is 10.3. The number of fused-ring (bicyclic) bond motifs is 2. The van der Waals surface area contributed by atoms with E-state index < -0.39 is 34.5 Å². The first-order valence-electron chi connectivity index (χ1n) is 9.33. The SMILES string of the molecule is CCC1C2(c3ccccc3)OC(=N)C1(C#N)C(C#N)(C#N)C(c1cccn1C)O2. The second-order valence-corrected chi connectivity index (χ2v) is 7.42. The first kappa shape index (κ1) is 18.7. The number of hydrogen-bond donors (Lipinski definition) is 1. The summed E-state index contributed by atoms with van der Waals surface area (Å²) >= 11 is 0. The number of ether oxygens (including phenoxy) is 2. The second kappa shape index (κ2) is 6.21. The van der Waals surface area contributed by atoms with Crippen LogP contribution in [0.5, 0.6) is 0 Å². The fourth-order valence-corrected chi connectivity index (χ4v) is 4.91. The van der Waals surface area contributed by atoms with E-state index in [9.17, 15) is 15.8 Å². The lowest BCUT2D eigenvalue weighted by atomic mass is 9.53. The molecule has 3 heterocycles. The van der Waals surface area contributed by atoms with Gasteiger partial charge in [-0.05, 0) is 18.6 Å². The van der Waals surface area contributed by atoms with Crippen LogP contribution < -0.4 is 0 Å². The van der Waals surface area contributed by atoms with E-state index in [4.69, 9.17) is 14.9 Å². The van der Waals surface area contributed by atoms with Crippen LogP contribution in [-0.2, 0) is 22.3 Å². The summed E-state index contributed by atoms with van der Waals surface area (Å²) in [5.74, 6) is -2.53. The molecule has 2 aliphatic rings. The Balaban J connectivity index is 2.09. The van der Waals surface area contributed by atoms with Crippen molar-refractivity contribution >= 4 is 5.90 Å². The summed E-state index contributed by atoms with van der Waals surface area (Å²) in [7, 11) is 1.78. The number of benzene rings is 1. The lowest BCUT2D eigenvalue weighted by Crippen LogP contribution is -2.58. The lowest BCUT2D eigenvalue weighted by Gasteiger charge is -2.49. The van der Waals surface area contributed by atoms with Crippen molar-refractivity contribution in [2.24, 2.45) is 23.8 Å². The molecule has 7 nitrogen and oxygen atoms in total. The van der Waals surface area contributed by atoms with Crippen LogP contribution in [0, 0.1) is 56.2 Å². The van der Waals surface area contributed by atoms with Crippen LogP contribution in [0.15, 0.2) is 48.7 Å². The van der Waals surface area contributed by atoms with Gasteiger partial charge in [0.2, 0.25) is 17.1 Å². The number of hydrogen-bond acceptors (Lipinski definition) is 6. The highest BCUT2D eigenvalue weighted by Gasteiger charge is 2.80. The molecular formula is C22H19N5O2. The van der Waals surface area contributed by atoms with Crippen LogP contribution in [0.1, 0.15) is 30.7 Å². The Bertz CT molecular complexity index is 1090. The third-order valence-corrected chi connectivity index (χ3v) is 6.27. The maximum Gasteiger partial charge on any atom is 0.244 e. The van der Waals surface area contributed by atoms with Crippen LogP contribution in [-0.4, -0.2) is 10.5 Å². The molecule has 1 aromatic carbocycles. The highest BCUT2D eigenvalue weighted by atomic mass is 16.7. The molecule has 2 fully saturated rings. The van der Waals surface area contributed by atoms with Crippen LogP contribution >= 0.6 is 0 Å². The molecule has 0 radical (unpaired) electrons. The van der Waals surface area contributed by atoms with Gasteiger partial charge in [0.15, 0.2) is 5.41 Å². The molecule has 0 amide bonds. The van der Waals surface area contributed by atoms with Gasteiger partial charge in [0, 0.05) is 24.5 Å². The summed E-state index contributed by atoms with van der Waals surface area (Å²) in [6.45, 7) is 1.85. The normalized spacial score (nSPS) is 31.9. The van der Waals surface area contributed by atoms with Crippen molar-refractivity contribution in [2.75, 3.05) is 0 Å². The average Bonchev–Trinajstić information content (AvgIpc) is 3.26.